The fraction of sp³-hybridized carbons (Fsp3) is 0. The molecule has 0 N–H and O–H groups in total. The van der Waals surface area contributed by atoms with Crippen molar-refractivity contribution in [3.8, 4) is 11.1 Å². The van der Waals surface area contributed by atoms with Gasteiger partial charge in [0.05, 0.1) is 0 Å². The molecular formula is C42H25Br3. The van der Waals surface area contributed by atoms with E-state index in [0.29, 0.717) is 0 Å². The van der Waals surface area contributed by atoms with E-state index in [4.69, 9.17) is 0 Å². The molecule has 9 aromatic carbocycles. The number of hydrogen-bond acceptors (Lipinski definition) is 0. The van der Waals surface area contributed by atoms with Gasteiger partial charge in [-0.15, -0.1) is 0 Å². The van der Waals surface area contributed by atoms with Gasteiger partial charge in [0.1, 0.15) is 0 Å². The highest BCUT2D eigenvalue weighted by molar-refractivity contribution is 9.11. The molecule has 0 nitrogen and oxygen atoms in total. The van der Waals surface area contributed by atoms with Crippen molar-refractivity contribution in [3.05, 3.63) is 165 Å². The van der Waals surface area contributed by atoms with Gasteiger partial charge in [-0.2, -0.15) is 0 Å². The minimum absolute atomic E-state index is 1.15. The highest BCUT2D eigenvalue weighted by atomic mass is 79.9. The third kappa shape index (κ3) is 4.95. The maximum absolute atomic E-state index is 3.77. The summed E-state index contributed by atoms with van der Waals surface area (Å²) >= 11 is 11.2. The van der Waals surface area contributed by atoms with E-state index < -0.39 is 0 Å². The van der Waals surface area contributed by atoms with Crippen molar-refractivity contribution in [1.82, 2.24) is 0 Å². The Morgan fingerprint density at radius 1 is 0.244 bits per heavy atom. The lowest BCUT2D eigenvalue weighted by Gasteiger charge is -2.14. The third-order valence-electron chi connectivity index (χ3n) is 8.70. The Morgan fingerprint density at radius 2 is 0.533 bits per heavy atom. The topological polar surface area (TPSA) is 0 Å². The zero-order valence-electron chi connectivity index (χ0n) is 24.1. The van der Waals surface area contributed by atoms with Crippen LogP contribution in [0.3, 0.4) is 0 Å². The molecule has 0 fully saturated rings. The number of rotatable bonds is 1. The van der Waals surface area contributed by atoms with Gasteiger partial charge >= 0.3 is 0 Å². The van der Waals surface area contributed by atoms with Crippen LogP contribution in [-0.2, 0) is 0 Å². The summed E-state index contributed by atoms with van der Waals surface area (Å²) in [6.07, 6.45) is 0. The van der Waals surface area contributed by atoms with E-state index in [1.165, 1.54) is 75.8 Å². The van der Waals surface area contributed by atoms with E-state index in [1.807, 2.05) is 0 Å². The van der Waals surface area contributed by atoms with E-state index in [9.17, 15) is 0 Å². The van der Waals surface area contributed by atoms with E-state index in [2.05, 4.69) is 199 Å². The van der Waals surface area contributed by atoms with Crippen LogP contribution >= 0.6 is 47.8 Å². The van der Waals surface area contributed by atoms with Crippen molar-refractivity contribution in [2.45, 2.75) is 0 Å². The van der Waals surface area contributed by atoms with Gasteiger partial charge < -0.3 is 0 Å². The first-order valence-corrected chi connectivity index (χ1v) is 17.2. The van der Waals surface area contributed by atoms with Gasteiger partial charge in [0.2, 0.25) is 0 Å². The third-order valence-corrected chi connectivity index (χ3v) is 10.7. The molecule has 0 aliphatic carbocycles. The minimum Gasteiger partial charge on any atom is -0.0622 e. The summed E-state index contributed by atoms with van der Waals surface area (Å²) in [4.78, 5) is 0. The maximum Gasteiger partial charge on any atom is 0.0260 e. The van der Waals surface area contributed by atoms with Gasteiger partial charge in [-0.3, -0.25) is 0 Å². The standard InChI is InChI=1S/C24H15Br.C18H10Br2/c25-24-15-23-18-11-5-4-10-17(18)21(16-8-2-1-3-9-16)14-22(23)19-12-6-7-13-20(19)24;19-17-10-16-12-6-2-4-8-14(12)18(20)9-15(16)11-5-1-3-7-13(11)17/h1-15H;1-10H. The second-order valence-corrected chi connectivity index (χ2v) is 13.8. The van der Waals surface area contributed by atoms with E-state index >= 15 is 0 Å². The van der Waals surface area contributed by atoms with E-state index in [-0.39, 0.29) is 0 Å². The Morgan fingerprint density at radius 3 is 0.933 bits per heavy atom. The Kier molecular flexibility index (Phi) is 7.41. The molecule has 0 amide bonds. The second-order valence-electron chi connectivity index (χ2n) is 11.2. The Bertz CT molecular complexity index is 2490. The predicted molar refractivity (Wildman–Crippen MR) is 206 cm³/mol. The number of halogens is 3. The first kappa shape index (κ1) is 28.5. The summed E-state index contributed by atoms with van der Waals surface area (Å²) in [6, 6.07) is 54.0. The quantitative estimate of drug-likeness (QED) is 0.146. The number of fused-ring (bicyclic) bond motifs is 10. The fourth-order valence-corrected chi connectivity index (χ4v) is 8.35. The summed E-state index contributed by atoms with van der Waals surface area (Å²) in [6.45, 7) is 0. The number of hydrogen-bond donors (Lipinski definition) is 0. The van der Waals surface area contributed by atoms with Crippen LogP contribution in [0.2, 0.25) is 0 Å². The van der Waals surface area contributed by atoms with Crippen molar-refractivity contribution in [2.24, 2.45) is 0 Å². The van der Waals surface area contributed by atoms with Crippen LogP contribution in [0.15, 0.2) is 165 Å². The lowest BCUT2D eigenvalue weighted by Crippen LogP contribution is -1.86. The summed E-state index contributed by atoms with van der Waals surface area (Å²) in [7, 11) is 0. The molecule has 9 rings (SSSR count). The average molecular weight is 769 g/mol. The molecule has 0 atom stereocenters. The molecule has 3 heteroatoms. The van der Waals surface area contributed by atoms with Crippen molar-refractivity contribution in [3.63, 3.8) is 0 Å². The van der Waals surface area contributed by atoms with Crippen LogP contribution in [0.5, 0.6) is 0 Å². The van der Waals surface area contributed by atoms with Gasteiger partial charge in [0, 0.05) is 13.4 Å². The lowest BCUT2D eigenvalue weighted by molar-refractivity contribution is 1.67. The van der Waals surface area contributed by atoms with Crippen LogP contribution in [0.1, 0.15) is 0 Å². The smallest absolute Gasteiger partial charge is 0.0260 e. The van der Waals surface area contributed by atoms with E-state index in [1.54, 1.807) is 0 Å². The largest absolute Gasteiger partial charge is 0.0622 e. The van der Waals surface area contributed by atoms with Gasteiger partial charge in [0.15, 0.2) is 0 Å². The normalized spacial score (nSPS) is 11.4. The predicted octanol–water partition coefficient (Wildman–Crippen LogP) is 14.2. The molecule has 0 bridgehead atoms. The zero-order valence-corrected chi connectivity index (χ0v) is 28.8. The first-order chi connectivity index (χ1) is 22.1. The Labute approximate surface area is 286 Å². The van der Waals surface area contributed by atoms with Gasteiger partial charge in [0.25, 0.3) is 0 Å². The zero-order chi connectivity index (χ0) is 30.5. The van der Waals surface area contributed by atoms with Crippen molar-refractivity contribution in [1.29, 1.82) is 0 Å². The fourth-order valence-electron chi connectivity index (χ4n) is 6.63. The van der Waals surface area contributed by atoms with Crippen LogP contribution in [0.4, 0.5) is 0 Å². The second kappa shape index (κ2) is 11.7. The van der Waals surface area contributed by atoms with Crippen molar-refractivity contribution >= 4 is 112 Å². The molecule has 0 radical (unpaired) electrons. The molecule has 0 heterocycles. The highest BCUT2D eigenvalue weighted by Gasteiger charge is 2.13. The Hall–Kier alpha value is -4.02. The van der Waals surface area contributed by atoms with Crippen LogP contribution in [0, 0.1) is 0 Å². The lowest BCUT2D eigenvalue weighted by atomic mass is 9.91. The van der Waals surface area contributed by atoms with Crippen molar-refractivity contribution < 1.29 is 0 Å². The van der Waals surface area contributed by atoms with Gasteiger partial charge in [-0.25, -0.2) is 0 Å². The van der Waals surface area contributed by atoms with Crippen LogP contribution < -0.4 is 0 Å². The first-order valence-electron chi connectivity index (χ1n) is 14.8. The molecular weight excluding hydrogens is 744 g/mol. The van der Waals surface area contributed by atoms with Crippen molar-refractivity contribution in [2.75, 3.05) is 0 Å². The monoisotopic (exact) mass is 766 g/mol. The molecule has 0 saturated heterocycles. The van der Waals surface area contributed by atoms with Gasteiger partial charge in [-0.05, 0) is 100 Å². The SMILES string of the molecule is Brc1cc2c3ccccc3c(-c3ccccc3)cc2c2ccccc12.Brc1cc2c3ccccc3c(Br)cc2c2ccccc12. The highest BCUT2D eigenvalue weighted by Crippen LogP contribution is 2.41. The molecule has 0 aliphatic heterocycles. The number of benzene rings is 9. The summed E-state index contributed by atoms with van der Waals surface area (Å²) < 4.78 is 3.44. The van der Waals surface area contributed by atoms with Gasteiger partial charge in [-0.1, -0.05) is 175 Å². The molecule has 214 valence electrons. The molecule has 0 saturated carbocycles. The van der Waals surface area contributed by atoms with Crippen LogP contribution in [0.25, 0.3) is 75.8 Å². The average Bonchev–Trinajstić information content (AvgIpc) is 3.10. The molecule has 0 aromatic heterocycles. The van der Waals surface area contributed by atoms with Crippen LogP contribution in [-0.4, -0.2) is 0 Å². The molecule has 0 spiro atoms. The van der Waals surface area contributed by atoms with E-state index in [0.717, 1.165) is 13.4 Å². The molecule has 9 aromatic rings. The minimum atomic E-state index is 1.15. The molecule has 0 aliphatic rings. The molecule has 45 heavy (non-hydrogen) atoms. The maximum atomic E-state index is 3.77. The summed E-state index contributed by atoms with van der Waals surface area (Å²) in [5.74, 6) is 0. The molecule has 0 unspecified atom stereocenters. The summed E-state index contributed by atoms with van der Waals surface area (Å²) in [5.41, 5.74) is 2.55. The Balaban J connectivity index is 0.000000137. The summed E-state index contributed by atoms with van der Waals surface area (Å²) in [5, 5.41) is 15.4.